The van der Waals surface area contributed by atoms with Gasteiger partial charge in [0.1, 0.15) is 9.88 Å². The van der Waals surface area contributed by atoms with Crippen molar-refractivity contribution < 1.29 is 4.79 Å². The Bertz CT molecular complexity index is 663. The van der Waals surface area contributed by atoms with Gasteiger partial charge in [-0.25, -0.2) is 4.98 Å². The number of carbonyl (C=O) groups is 1. The summed E-state index contributed by atoms with van der Waals surface area (Å²) in [6.45, 7) is 4.60. The average molecular weight is 388 g/mol. The van der Waals surface area contributed by atoms with Crippen LogP contribution in [0.4, 0.5) is 0 Å². The van der Waals surface area contributed by atoms with Crippen LogP contribution < -0.4 is 5.32 Å². The van der Waals surface area contributed by atoms with E-state index in [4.69, 9.17) is 0 Å². The number of hydrogen-bond donors (Lipinski definition) is 1. The maximum Gasteiger partial charge on any atom is 0.265 e. The molecule has 3 rings (SSSR count). The summed E-state index contributed by atoms with van der Waals surface area (Å²) < 4.78 is 0. The summed E-state index contributed by atoms with van der Waals surface area (Å²) in [5, 5.41) is 4.12. The third-order valence-electron chi connectivity index (χ3n) is 4.08. The van der Waals surface area contributed by atoms with Crippen LogP contribution in [0.1, 0.15) is 21.8 Å². The molecule has 2 aromatic rings. The Labute approximate surface area is 159 Å². The lowest BCUT2D eigenvalue weighted by molar-refractivity contribution is 0.0791. The summed E-state index contributed by atoms with van der Waals surface area (Å²) >= 11 is 1.50. The number of likely N-dealkylation sites (tertiary alicyclic amines) is 1. The first kappa shape index (κ1) is 20.9. The monoisotopic (exact) mass is 387 g/mol. The molecule has 0 saturated carbocycles. The van der Waals surface area contributed by atoms with Crippen LogP contribution in [0.15, 0.2) is 30.3 Å². The molecule has 4 nitrogen and oxygen atoms in total. The lowest BCUT2D eigenvalue weighted by Crippen LogP contribution is -2.30. The zero-order valence-corrected chi connectivity index (χ0v) is 16.3. The van der Waals surface area contributed by atoms with Crippen molar-refractivity contribution in [1.29, 1.82) is 0 Å². The number of nitrogens with zero attached hydrogens (tertiary/aromatic N) is 2. The molecule has 24 heavy (non-hydrogen) atoms. The van der Waals surface area contributed by atoms with Crippen molar-refractivity contribution in [3.8, 4) is 10.6 Å². The van der Waals surface area contributed by atoms with Crippen molar-refractivity contribution in [3.05, 3.63) is 40.9 Å². The molecule has 1 unspecified atom stereocenters. The van der Waals surface area contributed by atoms with E-state index in [1.54, 1.807) is 0 Å². The van der Waals surface area contributed by atoms with Crippen molar-refractivity contribution in [3.63, 3.8) is 0 Å². The summed E-state index contributed by atoms with van der Waals surface area (Å²) in [4.78, 5) is 20.1. The largest absolute Gasteiger partial charge is 0.338 e. The summed E-state index contributed by atoms with van der Waals surface area (Å²) in [5.74, 6) is 0.701. The number of hydrogen-bond acceptors (Lipinski definition) is 4. The Morgan fingerprint density at radius 3 is 2.71 bits per heavy atom. The van der Waals surface area contributed by atoms with Crippen LogP contribution in [0.25, 0.3) is 10.6 Å². The van der Waals surface area contributed by atoms with Crippen LogP contribution in [-0.4, -0.2) is 42.5 Å². The van der Waals surface area contributed by atoms with E-state index in [9.17, 15) is 4.79 Å². The van der Waals surface area contributed by atoms with E-state index in [1.807, 2.05) is 49.2 Å². The Morgan fingerprint density at radius 2 is 2.04 bits per heavy atom. The van der Waals surface area contributed by atoms with Crippen LogP contribution in [0.5, 0.6) is 0 Å². The van der Waals surface area contributed by atoms with Crippen LogP contribution in [0.3, 0.4) is 0 Å². The Morgan fingerprint density at radius 1 is 1.33 bits per heavy atom. The van der Waals surface area contributed by atoms with Gasteiger partial charge in [0.05, 0.1) is 5.69 Å². The van der Waals surface area contributed by atoms with Crippen molar-refractivity contribution in [1.82, 2.24) is 15.2 Å². The number of rotatable bonds is 4. The zero-order valence-electron chi connectivity index (χ0n) is 13.8. The minimum absolute atomic E-state index is 0. The van der Waals surface area contributed by atoms with E-state index in [2.05, 4.69) is 10.3 Å². The number of thiazole rings is 1. The molecule has 1 amide bonds. The van der Waals surface area contributed by atoms with Gasteiger partial charge in [0.2, 0.25) is 0 Å². The predicted molar refractivity (Wildman–Crippen MR) is 105 cm³/mol. The smallest absolute Gasteiger partial charge is 0.265 e. The minimum Gasteiger partial charge on any atom is -0.338 e. The first-order valence-electron chi connectivity index (χ1n) is 7.65. The fraction of sp³-hybridized carbons (Fsp3) is 0.412. The van der Waals surface area contributed by atoms with Gasteiger partial charge < -0.3 is 10.2 Å². The molecule has 1 fully saturated rings. The van der Waals surface area contributed by atoms with Crippen molar-refractivity contribution in [2.75, 3.05) is 26.7 Å². The minimum atomic E-state index is 0. The fourth-order valence-corrected chi connectivity index (χ4v) is 3.95. The van der Waals surface area contributed by atoms with Crippen LogP contribution >= 0.6 is 36.2 Å². The van der Waals surface area contributed by atoms with E-state index in [-0.39, 0.29) is 30.7 Å². The second kappa shape index (κ2) is 9.37. The molecule has 1 aromatic heterocycles. The van der Waals surface area contributed by atoms with Crippen molar-refractivity contribution in [2.45, 2.75) is 13.3 Å². The topological polar surface area (TPSA) is 45.2 Å². The maximum atomic E-state index is 12.7. The predicted octanol–water partition coefficient (Wildman–Crippen LogP) is 3.64. The van der Waals surface area contributed by atoms with E-state index in [0.29, 0.717) is 5.92 Å². The van der Waals surface area contributed by atoms with Gasteiger partial charge in [0.25, 0.3) is 5.91 Å². The molecule has 1 aromatic carbocycles. The molecule has 0 bridgehead atoms. The number of aryl methyl sites for hydroxylation is 1. The number of halogens is 2. The standard InChI is InChI=1S/C17H21N3OS.2ClH/c1-12-15(17(21)20-9-8-13(11-20)10-18-2)22-16(19-12)14-6-4-3-5-7-14;;/h3-7,13,18H,8-11H2,1-2H3;2*1H. The normalized spacial score (nSPS) is 16.4. The van der Waals surface area contributed by atoms with E-state index >= 15 is 0 Å². The van der Waals surface area contributed by atoms with Gasteiger partial charge in [-0.1, -0.05) is 30.3 Å². The summed E-state index contributed by atoms with van der Waals surface area (Å²) in [7, 11) is 1.96. The summed E-state index contributed by atoms with van der Waals surface area (Å²) in [6.07, 6.45) is 1.08. The molecule has 1 N–H and O–H groups in total. The van der Waals surface area contributed by atoms with Gasteiger partial charge in [-0.2, -0.15) is 0 Å². The van der Waals surface area contributed by atoms with E-state index in [1.165, 1.54) is 11.3 Å². The molecular formula is C17H23Cl2N3OS. The quantitative estimate of drug-likeness (QED) is 0.870. The Hall–Kier alpha value is -1.14. The molecule has 1 aliphatic rings. The Kier molecular flexibility index (Phi) is 8.16. The number of carbonyl (C=O) groups excluding carboxylic acids is 1. The van der Waals surface area contributed by atoms with Crippen LogP contribution in [0.2, 0.25) is 0 Å². The second-order valence-corrected chi connectivity index (χ2v) is 6.76. The maximum absolute atomic E-state index is 12.7. The highest BCUT2D eigenvalue weighted by Crippen LogP contribution is 2.29. The molecule has 132 valence electrons. The van der Waals surface area contributed by atoms with Gasteiger partial charge in [-0.3, -0.25) is 4.79 Å². The number of nitrogens with one attached hydrogen (secondary N) is 1. The molecule has 1 aliphatic heterocycles. The highest BCUT2D eigenvalue weighted by molar-refractivity contribution is 7.17. The van der Waals surface area contributed by atoms with Gasteiger partial charge in [0.15, 0.2) is 0 Å². The van der Waals surface area contributed by atoms with Crippen molar-refractivity contribution in [2.24, 2.45) is 5.92 Å². The van der Waals surface area contributed by atoms with Crippen LogP contribution in [-0.2, 0) is 0 Å². The fourth-order valence-electron chi connectivity index (χ4n) is 2.92. The van der Waals surface area contributed by atoms with Gasteiger partial charge >= 0.3 is 0 Å². The molecule has 1 saturated heterocycles. The first-order valence-corrected chi connectivity index (χ1v) is 8.47. The average Bonchev–Trinajstić information content (AvgIpc) is 3.15. The molecule has 0 spiro atoms. The summed E-state index contributed by atoms with van der Waals surface area (Å²) in [6, 6.07) is 10.0. The SMILES string of the molecule is CNCC1CCN(C(=O)c2sc(-c3ccccc3)nc2C)C1.Cl.Cl. The number of aromatic nitrogens is 1. The third kappa shape index (κ3) is 4.48. The van der Waals surface area contributed by atoms with Gasteiger partial charge in [-0.05, 0) is 32.9 Å². The molecule has 2 heterocycles. The van der Waals surface area contributed by atoms with Crippen LogP contribution in [0, 0.1) is 12.8 Å². The molecular weight excluding hydrogens is 365 g/mol. The molecule has 1 atom stereocenters. The van der Waals surface area contributed by atoms with E-state index in [0.717, 1.165) is 47.2 Å². The Balaban J connectivity index is 0.00000144. The first-order chi connectivity index (χ1) is 10.7. The lowest BCUT2D eigenvalue weighted by Gasteiger charge is -2.15. The number of amides is 1. The molecule has 0 aliphatic carbocycles. The zero-order chi connectivity index (χ0) is 15.5. The third-order valence-corrected chi connectivity index (χ3v) is 5.27. The lowest BCUT2D eigenvalue weighted by atomic mass is 10.1. The van der Waals surface area contributed by atoms with Gasteiger partial charge in [0, 0.05) is 18.7 Å². The number of benzene rings is 1. The van der Waals surface area contributed by atoms with Gasteiger partial charge in [-0.15, -0.1) is 36.2 Å². The summed E-state index contributed by atoms with van der Waals surface area (Å²) in [5.41, 5.74) is 1.91. The highest BCUT2D eigenvalue weighted by Gasteiger charge is 2.28. The highest BCUT2D eigenvalue weighted by atomic mass is 35.5. The second-order valence-electron chi connectivity index (χ2n) is 5.76. The molecule has 7 heteroatoms. The van der Waals surface area contributed by atoms with Crippen molar-refractivity contribution >= 4 is 42.1 Å². The van der Waals surface area contributed by atoms with E-state index < -0.39 is 0 Å². The molecule has 0 radical (unpaired) electrons.